The summed E-state index contributed by atoms with van der Waals surface area (Å²) in [5.74, 6) is 1.56. The second-order valence-corrected chi connectivity index (χ2v) is 6.86. The molecular weight excluding hydrogens is 274 g/mol. The number of benzene rings is 1. The molecule has 1 N–H and O–H groups in total. The third kappa shape index (κ3) is 5.36. The van der Waals surface area contributed by atoms with E-state index >= 15 is 0 Å². The van der Waals surface area contributed by atoms with Gasteiger partial charge in [-0.05, 0) is 55.4 Å². The third-order valence-electron chi connectivity index (χ3n) is 3.88. The molecule has 0 bridgehead atoms. The van der Waals surface area contributed by atoms with E-state index in [4.69, 9.17) is 4.74 Å². The summed E-state index contributed by atoms with van der Waals surface area (Å²) in [6.07, 6.45) is 0.211. The van der Waals surface area contributed by atoms with Crippen molar-refractivity contribution in [3.05, 3.63) is 29.3 Å². The second-order valence-electron chi connectivity index (χ2n) is 6.86. The van der Waals surface area contributed by atoms with E-state index in [2.05, 4.69) is 39.1 Å². The zero-order chi connectivity index (χ0) is 16.9. The summed E-state index contributed by atoms with van der Waals surface area (Å²) in [7, 11) is 0. The monoisotopic (exact) mass is 305 g/mol. The Balaban J connectivity index is 2.80. The first-order valence-corrected chi connectivity index (χ1v) is 8.29. The number of hydrogen-bond acceptors (Lipinski definition) is 2. The maximum atomic E-state index is 12.5. The lowest BCUT2D eigenvalue weighted by atomic mass is 9.93. The molecule has 1 atom stereocenters. The van der Waals surface area contributed by atoms with Crippen LogP contribution < -0.4 is 10.1 Å². The molecule has 0 heterocycles. The second kappa shape index (κ2) is 8.21. The van der Waals surface area contributed by atoms with Gasteiger partial charge in [-0.2, -0.15) is 0 Å². The van der Waals surface area contributed by atoms with E-state index in [1.54, 1.807) is 0 Å². The highest BCUT2D eigenvalue weighted by molar-refractivity contribution is 5.81. The molecule has 0 spiro atoms. The van der Waals surface area contributed by atoms with Crippen LogP contribution in [0.2, 0.25) is 0 Å². The van der Waals surface area contributed by atoms with Crippen LogP contribution in [0.15, 0.2) is 18.2 Å². The minimum absolute atomic E-state index is 0.0194. The lowest BCUT2D eigenvalue weighted by Crippen LogP contribution is -2.48. The number of aryl methyl sites for hydroxylation is 2. The fourth-order valence-electron chi connectivity index (χ4n) is 2.85. The van der Waals surface area contributed by atoms with E-state index in [1.807, 2.05) is 32.9 Å². The molecule has 1 rings (SSSR count). The van der Waals surface area contributed by atoms with Crippen LogP contribution in [0.1, 0.15) is 52.2 Å². The number of ether oxygens (including phenoxy) is 1. The summed E-state index contributed by atoms with van der Waals surface area (Å²) in [5.41, 5.74) is 2.29. The van der Waals surface area contributed by atoms with Crippen LogP contribution in [-0.2, 0) is 4.79 Å². The first kappa shape index (κ1) is 18.5. The van der Waals surface area contributed by atoms with Crippen molar-refractivity contribution in [2.24, 2.45) is 11.8 Å². The van der Waals surface area contributed by atoms with Crippen molar-refractivity contribution in [1.29, 1.82) is 0 Å². The molecule has 0 unspecified atom stereocenters. The van der Waals surface area contributed by atoms with Crippen molar-refractivity contribution in [3.8, 4) is 5.75 Å². The predicted octanol–water partition coefficient (Wildman–Crippen LogP) is 4.26. The van der Waals surface area contributed by atoms with Gasteiger partial charge in [0.2, 0.25) is 0 Å². The van der Waals surface area contributed by atoms with Gasteiger partial charge in [0.25, 0.3) is 5.91 Å². The smallest absolute Gasteiger partial charge is 0.261 e. The van der Waals surface area contributed by atoms with Crippen LogP contribution in [0.25, 0.3) is 0 Å². The summed E-state index contributed by atoms with van der Waals surface area (Å²) in [6.45, 7) is 14.6. The molecule has 124 valence electrons. The minimum Gasteiger partial charge on any atom is -0.481 e. The van der Waals surface area contributed by atoms with Gasteiger partial charge in [-0.3, -0.25) is 4.79 Å². The molecule has 0 aliphatic heterocycles. The van der Waals surface area contributed by atoms with E-state index < -0.39 is 6.10 Å². The van der Waals surface area contributed by atoms with Crippen molar-refractivity contribution in [2.45, 2.75) is 67.0 Å². The molecule has 0 aromatic heterocycles. The Morgan fingerprint density at radius 3 is 1.95 bits per heavy atom. The van der Waals surface area contributed by atoms with Gasteiger partial charge in [0.1, 0.15) is 5.75 Å². The summed E-state index contributed by atoms with van der Waals surface area (Å²) in [4.78, 5) is 12.5. The summed E-state index contributed by atoms with van der Waals surface area (Å²) < 4.78 is 5.94. The van der Waals surface area contributed by atoms with Gasteiger partial charge >= 0.3 is 0 Å². The molecule has 3 nitrogen and oxygen atoms in total. The molecular formula is C19H31NO2. The highest BCUT2D eigenvalue weighted by Crippen LogP contribution is 2.19. The van der Waals surface area contributed by atoms with E-state index in [1.165, 1.54) is 0 Å². The molecule has 0 radical (unpaired) electrons. The average molecular weight is 305 g/mol. The number of amides is 1. The van der Waals surface area contributed by atoms with Crippen LogP contribution in [0.4, 0.5) is 0 Å². The normalized spacial score (nSPS) is 12.8. The quantitative estimate of drug-likeness (QED) is 0.817. The number of hydrogen-bond donors (Lipinski definition) is 1. The Morgan fingerprint density at radius 1 is 1.05 bits per heavy atom. The maximum absolute atomic E-state index is 12.5. The molecule has 1 amide bonds. The van der Waals surface area contributed by atoms with Crippen molar-refractivity contribution in [1.82, 2.24) is 5.32 Å². The average Bonchev–Trinajstić information content (AvgIpc) is 2.39. The van der Waals surface area contributed by atoms with Crippen molar-refractivity contribution in [3.63, 3.8) is 0 Å². The Morgan fingerprint density at radius 2 is 1.55 bits per heavy atom. The first-order chi connectivity index (χ1) is 10.2. The Kier molecular flexibility index (Phi) is 6.92. The topological polar surface area (TPSA) is 38.3 Å². The minimum atomic E-state index is -0.443. The lowest BCUT2D eigenvalue weighted by molar-refractivity contribution is -0.129. The molecule has 0 aliphatic carbocycles. The Hall–Kier alpha value is -1.51. The van der Waals surface area contributed by atoms with Crippen molar-refractivity contribution in [2.75, 3.05) is 0 Å². The molecule has 3 heteroatoms. The van der Waals surface area contributed by atoms with Gasteiger partial charge in [0.05, 0.1) is 0 Å². The van der Waals surface area contributed by atoms with Crippen LogP contribution in [0.5, 0.6) is 5.75 Å². The van der Waals surface area contributed by atoms with E-state index in [0.29, 0.717) is 18.3 Å². The molecule has 1 aromatic carbocycles. The number of carbonyl (C=O) groups excluding carboxylic acids is 1. The summed E-state index contributed by atoms with van der Waals surface area (Å²) in [5, 5.41) is 3.15. The SMILES string of the molecule is CC[C@@H](Oc1cc(C)cc(C)c1)C(=O)NC(C(C)C)C(C)C. The highest BCUT2D eigenvalue weighted by atomic mass is 16.5. The lowest BCUT2D eigenvalue weighted by Gasteiger charge is -2.28. The van der Waals surface area contributed by atoms with Gasteiger partial charge in [-0.1, -0.05) is 40.7 Å². The van der Waals surface area contributed by atoms with Gasteiger partial charge in [-0.15, -0.1) is 0 Å². The standard InChI is InChI=1S/C19H31NO2/c1-8-17(19(21)20-18(12(2)3)13(4)5)22-16-10-14(6)9-15(7)11-16/h9-13,17-18H,8H2,1-7H3,(H,20,21)/t17-/m1/s1. The van der Waals surface area contributed by atoms with Crippen LogP contribution >= 0.6 is 0 Å². The van der Waals surface area contributed by atoms with Gasteiger partial charge in [0, 0.05) is 6.04 Å². The zero-order valence-electron chi connectivity index (χ0n) is 15.1. The van der Waals surface area contributed by atoms with Crippen LogP contribution in [-0.4, -0.2) is 18.1 Å². The molecule has 0 fully saturated rings. The van der Waals surface area contributed by atoms with E-state index in [0.717, 1.165) is 16.9 Å². The van der Waals surface area contributed by atoms with E-state index in [9.17, 15) is 4.79 Å². The molecule has 0 saturated heterocycles. The number of nitrogens with one attached hydrogen (secondary N) is 1. The largest absolute Gasteiger partial charge is 0.481 e. The molecule has 0 aliphatic rings. The highest BCUT2D eigenvalue weighted by Gasteiger charge is 2.25. The summed E-state index contributed by atoms with van der Waals surface area (Å²) in [6, 6.07) is 6.22. The van der Waals surface area contributed by atoms with Gasteiger partial charge < -0.3 is 10.1 Å². The predicted molar refractivity (Wildman–Crippen MR) is 92.2 cm³/mol. The number of rotatable bonds is 7. The van der Waals surface area contributed by atoms with Crippen molar-refractivity contribution < 1.29 is 9.53 Å². The fraction of sp³-hybridized carbons (Fsp3) is 0.632. The Bertz CT molecular complexity index is 466. The molecule has 0 saturated carbocycles. The molecule has 22 heavy (non-hydrogen) atoms. The Labute approximate surface area is 135 Å². The summed E-state index contributed by atoms with van der Waals surface area (Å²) >= 11 is 0. The maximum Gasteiger partial charge on any atom is 0.261 e. The van der Waals surface area contributed by atoms with Crippen LogP contribution in [0, 0.1) is 25.7 Å². The van der Waals surface area contributed by atoms with E-state index in [-0.39, 0.29) is 11.9 Å². The fourth-order valence-corrected chi connectivity index (χ4v) is 2.85. The van der Waals surface area contributed by atoms with Crippen LogP contribution in [0.3, 0.4) is 0 Å². The van der Waals surface area contributed by atoms with Crippen molar-refractivity contribution >= 4 is 5.91 Å². The molecule has 1 aromatic rings. The van der Waals surface area contributed by atoms with Gasteiger partial charge in [-0.25, -0.2) is 0 Å². The zero-order valence-corrected chi connectivity index (χ0v) is 15.1. The first-order valence-electron chi connectivity index (χ1n) is 8.29. The number of carbonyl (C=O) groups is 1. The van der Waals surface area contributed by atoms with Gasteiger partial charge in [0.15, 0.2) is 6.10 Å². The third-order valence-corrected chi connectivity index (χ3v) is 3.88.